The lowest BCUT2D eigenvalue weighted by Crippen LogP contribution is -2.03. The van der Waals surface area contributed by atoms with Crippen molar-refractivity contribution in [2.75, 3.05) is 0 Å². The first-order chi connectivity index (χ1) is 8.09. The molecular weight excluding hydrogens is 275 g/mol. The van der Waals surface area contributed by atoms with Gasteiger partial charge in [0.1, 0.15) is 0 Å². The molecule has 0 aromatic heterocycles. The van der Waals surface area contributed by atoms with Crippen molar-refractivity contribution in [3.63, 3.8) is 0 Å². The van der Waals surface area contributed by atoms with Crippen LogP contribution in [0.5, 0.6) is 0 Å². The summed E-state index contributed by atoms with van der Waals surface area (Å²) in [4.78, 5) is 12.8. The number of rotatable bonds is 2. The lowest BCUT2D eigenvalue weighted by atomic mass is 10.0. The Morgan fingerprint density at radius 1 is 1.00 bits per heavy atom. The van der Waals surface area contributed by atoms with Crippen LogP contribution in [0, 0.1) is 0 Å². The molecule has 0 saturated heterocycles. The molecule has 0 amide bonds. The van der Waals surface area contributed by atoms with E-state index in [2.05, 4.69) is 12.6 Å². The van der Waals surface area contributed by atoms with Crippen molar-refractivity contribution in [1.82, 2.24) is 0 Å². The first kappa shape index (κ1) is 12.5. The van der Waals surface area contributed by atoms with Gasteiger partial charge in [-0.15, -0.1) is 12.6 Å². The fourth-order valence-corrected chi connectivity index (χ4v) is 2.11. The number of thiol groups is 1. The van der Waals surface area contributed by atoms with Crippen LogP contribution in [0.15, 0.2) is 47.4 Å². The number of halogens is 2. The number of carbonyl (C=O) groups excluding carboxylic acids is 1. The summed E-state index contributed by atoms with van der Waals surface area (Å²) in [6.45, 7) is 0. The normalized spacial score (nSPS) is 10.3. The molecule has 0 atom stereocenters. The van der Waals surface area contributed by atoms with Crippen molar-refractivity contribution in [2.24, 2.45) is 0 Å². The van der Waals surface area contributed by atoms with Gasteiger partial charge in [-0.05, 0) is 30.3 Å². The highest BCUT2D eigenvalue weighted by atomic mass is 35.5. The molecule has 2 rings (SSSR count). The maximum atomic E-state index is 12.2. The average molecular weight is 283 g/mol. The Hall–Kier alpha value is -0.960. The van der Waals surface area contributed by atoms with Gasteiger partial charge in [0.2, 0.25) is 0 Å². The minimum atomic E-state index is -0.178. The van der Waals surface area contributed by atoms with E-state index in [1.54, 1.807) is 42.5 Å². The van der Waals surface area contributed by atoms with Gasteiger partial charge in [-0.2, -0.15) is 0 Å². The van der Waals surface area contributed by atoms with Gasteiger partial charge in [-0.3, -0.25) is 4.79 Å². The molecule has 0 saturated carbocycles. The molecule has 0 bridgehead atoms. The van der Waals surface area contributed by atoms with Crippen molar-refractivity contribution in [3.05, 3.63) is 63.6 Å². The third-order valence-electron chi connectivity index (χ3n) is 2.32. The molecule has 2 aromatic carbocycles. The van der Waals surface area contributed by atoms with Gasteiger partial charge in [0.25, 0.3) is 0 Å². The Morgan fingerprint density at radius 3 is 2.41 bits per heavy atom. The van der Waals surface area contributed by atoms with Crippen LogP contribution in [0.4, 0.5) is 0 Å². The molecule has 0 fully saturated rings. The fraction of sp³-hybridized carbons (Fsp3) is 0. The van der Waals surface area contributed by atoms with Crippen LogP contribution in [-0.4, -0.2) is 5.78 Å². The minimum Gasteiger partial charge on any atom is -0.289 e. The SMILES string of the molecule is O=C(c1cc(Cl)ccc1S)c1ccccc1Cl. The zero-order valence-corrected chi connectivity index (χ0v) is 11.1. The second kappa shape index (κ2) is 5.13. The minimum absolute atomic E-state index is 0.178. The van der Waals surface area contributed by atoms with Crippen LogP contribution in [-0.2, 0) is 0 Å². The van der Waals surface area contributed by atoms with Gasteiger partial charge in [0, 0.05) is 21.0 Å². The molecule has 0 radical (unpaired) electrons. The van der Waals surface area contributed by atoms with E-state index in [1.165, 1.54) is 0 Å². The lowest BCUT2D eigenvalue weighted by Gasteiger charge is -2.06. The molecule has 17 heavy (non-hydrogen) atoms. The maximum absolute atomic E-state index is 12.2. The zero-order chi connectivity index (χ0) is 12.4. The topological polar surface area (TPSA) is 17.1 Å². The van der Waals surface area contributed by atoms with Crippen LogP contribution in [0.1, 0.15) is 15.9 Å². The number of carbonyl (C=O) groups is 1. The van der Waals surface area contributed by atoms with Gasteiger partial charge in [0.05, 0.1) is 5.02 Å². The largest absolute Gasteiger partial charge is 0.289 e. The summed E-state index contributed by atoms with van der Waals surface area (Å²) in [6, 6.07) is 11.9. The average Bonchev–Trinajstić information content (AvgIpc) is 2.32. The van der Waals surface area contributed by atoms with Crippen molar-refractivity contribution < 1.29 is 4.79 Å². The lowest BCUT2D eigenvalue weighted by molar-refractivity contribution is 0.103. The van der Waals surface area contributed by atoms with Crippen molar-refractivity contribution in [3.8, 4) is 0 Å². The number of hydrogen-bond acceptors (Lipinski definition) is 2. The molecule has 4 heteroatoms. The van der Waals surface area contributed by atoms with Gasteiger partial charge in [0.15, 0.2) is 5.78 Å². The monoisotopic (exact) mass is 282 g/mol. The van der Waals surface area contributed by atoms with Crippen molar-refractivity contribution in [2.45, 2.75) is 4.90 Å². The summed E-state index contributed by atoms with van der Waals surface area (Å²) in [5.74, 6) is -0.178. The van der Waals surface area contributed by atoms with E-state index in [9.17, 15) is 4.79 Å². The molecule has 0 N–H and O–H groups in total. The van der Waals surface area contributed by atoms with Gasteiger partial charge >= 0.3 is 0 Å². The van der Waals surface area contributed by atoms with Crippen LogP contribution < -0.4 is 0 Å². The summed E-state index contributed by atoms with van der Waals surface area (Å²) in [5.41, 5.74) is 0.903. The smallest absolute Gasteiger partial charge is 0.195 e. The predicted molar refractivity (Wildman–Crippen MR) is 73.6 cm³/mol. The summed E-state index contributed by atoms with van der Waals surface area (Å²) >= 11 is 16.1. The summed E-state index contributed by atoms with van der Waals surface area (Å²) in [5, 5.41) is 0.920. The molecule has 86 valence electrons. The van der Waals surface area contributed by atoms with Gasteiger partial charge < -0.3 is 0 Å². The van der Waals surface area contributed by atoms with Gasteiger partial charge in [-0.1, -0.05) is 35.3 Å². The summed E-state index contributed by atoms with van der Waals surface area (Å²) < 4.78 is 0. The molecule has 0 aliphatic rings. The molecule has 1 nitrogen and oxygen atoms in total. The Balaban J connectivity index is 2.51. The molecular formula is C13H8Cl2OS. The highest BCUT2D eigenvalue weighted by Gasteiger charge is 2.15. The van der Waals surface area contributed by atoms with E-state index in [4.69, 9.17) is 23.2 Å². The van der Waals surface area contributed by atoms with E-state index in [0.29, 0.717) is 26.1 Å². The highest BCUT2D eigenvalue weighted by Crippen LogP contribution is 2.25. The van der Waals surface area contributed by atoms with E-state index in [0.717, 1.165) is 0 Å². The Kier molecular flexibility index (Phi) is 3.77. The number of benzene rings is 2. The quantitative estimate of drug-likeness (QED) is 0.633. The number of hydrogen-bond donors (Lipinski definition) is 1. The van der Waals surface area contributed by atoms with Crippen LogP contribution in [0.3, 0.4) is 0 Å². The Bertz CT molecular complexity index is 581. The summed E-state index contributed by atoms with van der Waals surface area (Å²) in [6.07, 6.45) is 0. The first-order valence-corrected chi connectivity index (χ1v) is 6.07. The molecule has 0 aliphatic carbocycles. The Morgan fingerprint density at radius 2 is 1.71 bits per heavy atom. The third-order valence-corrected chi connectivity index (χ3v) is 3.28. The number of ketones is 1. The van der Waals surface area contributed by atoms with E-state index >= 15 is 0 Å². The standard InChI is InChI=1S/C13H8Cl2OS/c14-8-5-6-12(17)10(7-8)13(16)9-3-1-2-4-11(9)15/h1-7,17H. The predicted octanol–water partition coefficient (Wildman–Crippen LogP) is 4.51. The molecule has 0 aliphatic heterocycles. The Labute approximate surface area is 115 Å². The van der Waals surface area contributed by atoms with Crippen molar-refractivity contribution >= 4 is 41.6 Å². The van der Waals surface area contributed by atoms with Crippen molar-refractivity contribution in [1.29, 1.82) is 0 Å². The molecule has 0 spiro atoms. The highest BCUT2D eigenvalue weighted by molar-refractivity contribution is 7.80. The maximum Gasteiger partial charge on any atom is 0.195 e. The van der Waals surface area contributed by atoms with Crippen LogP contribution in [0.25, 0.3) is 0 Å². The van der Waals surface area contributed by atoms with E-state index < -0.39 is 0 Å². The van der Waals surface area contributed by atoms with E-state index in [1.807, 2.05) is 0 Å². The zero-order valence-electron chi connectivity index (χ0n) is 8.65. The molecule has 0 unspecified atom stereocenters. The van der Waals surface area contributed by atoms with E-state index in [-0.39, 0.29) is 5.78 Å². The third kappa shape index (κ3) is 2.65. The second-order valence-electron chi connectivity index (χ2n) is 3.47. The second-order valence-corrected chi connectivity index (χ2v) is 4.80. The summed E-state index contributed by atoms with van der Waals surface area (Å²) in [7, 11) is 0. The van der Waals surface area contributed by atoms with Crippen LogP contribution in [0.2, 0.25) is 10.0 Å². The first-order valence-electron chi connectivity index (χ1n) is 4.87. The van der Waals surface area contributed by atoms with Crippen LogP contribution >= 0.6 is 35.8 Å². The molecule has 0 heterocycles. The van der Waals surface area contributed by atoms with Gasteiger partial charge in [-0.25, -0.2) is 0 Å². The molecule has 2 aromatic rings. The fourth-order valence-electron chi connectivity index (χ4n) is 1.48.